The first kappa shape index (κ1) is 11.8. The Labute approximate surface area is 111 Å². The van der Waals surface area contributed by atoms with E-state index in [0.717, 1.165) is 22.3 Å². The number of aliphatic hydroxyl groups is 1. The van der Waals surface area contributed by atoms with E-state index in [-0.39, 0.29) is 6.61 Å². The Morgan fingerprint density at radius 1 is 1.00 bits per heavy atom. The van der Waals surface area contributed by atoms with Crippen molar-refractivity contribution in [3.63, 3.8) is 0 Å². The van der Waals surface area contributed by atoms with Crippen molar-refractivity contribution in [1.29, 1.82) is 0 Å². The molecule has 0 aliphatic carbocycles. The summed E-state index contributed by atoms with van der Waals surface area (Å²) in [4.78, 5) is 8.61. The van der Waals surface area contributed by atoms with Gasteiger partial charge in [0.2, 0.25) is 0 Å². The summed E-state index contributed by atoms with van der Waals surface area (Å²) in [6.45, 7) is 1.77. The summed E-state index contributed by atoms with van der Waals surface area (Å²) in [5.74, 6) is 0.461. The second-order valence-electron chi connectivity index (χ2n) is 4.50. The van der Waals surface area contributed by atoms with Crippen LogP contribution in [0.2, 0.25) is 0 Å². The molecule has 0 aliphatic heterocycles. The van der Waals surface area contributed by atoms with Crippen LogP contribution in [0.25, 0.3) is 22.0 Å². The minimum absolute atomic E-state index is 0.139. The first-order valence-corrected chi connectivity index (χ1v) is 6.21. The molecule has 0 fully saturated rings. The Balaban J connectivity index is 2.27. The van der Waals surface area contributed by atoms with Gasteiger partial charge in [0.1, 0.15) is 6.61 Å². The summed E-state index contributed by atoms with van der Waals surface area (Å²) in [5, 5.41) is 11.6. The van der Waals surface area contributed by atoms with E-state index in [9.17, 15) is 5.11 Å². The fourth-order valence-electron chi connectivity index (χ4n) is 2.29. The Morgan fingerprint density at radius 3 is 2.63 bits per heavy atom. The average Bonchev–Trinajstić information content (AvgIpc) is 2.46. The normalized spacial score (nSPS) is 10.8. The van der Waals surface area contributed by atoms with Crippen LogP contribution in [0.1, 0.15) is 11.5 Å². The highest BCUT2D eigenvalue weighted by Gasteiger charge is 2.07. The summed E-state index contributed by atoms with van der Waals surface area (Å²) < 4.78 is 0. The maximum atomic E-state index is 9.22. The monoisotopic (exact) mass is 250 g/mol. The molecule has 0 atom stereocenters. The first-order valence-electron chi connectivity index (χ1n) is 6.21. The van der Waals surface area contributed by atoms with Gasteiger partial charge in [0.05, 0.1) is 5.69 Å². The van der Waals surface area contributed by atoms with E-state index in [0.29, 0.717) is 5.82 Å². The van der Waals surface area contributed by atoms with Gasteiger partial charge in [-0.1, -0.05) is 42.5 Å². The zero-order valence-electron chi connectivity index (χ0n) is 10.7. The number of fused-ring (bicyclic) bond motifs is 1. The lowest BCUT2D eigenvalue weighted by molar-refractivity contribution is 0.271. The standard InChI is InChI=1S/C16H14N2O/c1-11-9-15(18-16(10-19)17-11)14-8-4-6-12-5-2-3-7-13(12)14/h2-9,19H,10H2,1H3. The van der Waals surface area contributed by atoms with Crippen molar-refractivity contribution in [2.75, 3.05) is 0 Å². The predicted molar refractivity (Wildman–Crippen MR) is 75.6 cm³/mol. The third-order valence-electron chi connectivity index (χ3n) is 3.11. The van der Waals surface area contributed by atoms with E-state index in [2.05, 4.69) is 28.2 Å². The molecule has 0 bridgehead atoms. The van der Waals surface area contributed by atoms with Crippen LogP contribution in [0.4, 0.5) is 0 Å². The van der Waals surface area contributed by atoms with E-state index < -0.39 is 0 Å². The molecule has 0 saturated heterocycles. The minimum Gasteiger partial charge on any atom is -0.388 e. The molecule has 1 aromatic heterocycles. The van der Waals surface area contributed by atoms with Crippen molar-refractivity contribution in [1.82, 2.24) is 9.97 Å². The van der Waals surface area contributed by atoms with Crippen LogP contribution in [0.5, 0.6) is 0 Å². The highest BCUT2D eigenvalue weighted by Crippen LogP contribution is 2.27. The van der Waals surface area contributed by atoms with Gasteiger partial charge in [0.15, 0.2) is 5.82 Å². The van der Waals surface area contributed by atoms with Crippen molar-refractivity contribution in [2.45, 2.75) is 13.5 Å². The lowest BCUT2D eigenvalue weighted by atomic mass is 10.0. The summed E-state index contributed by atoms with van der Waals surface area (Å²) >= 11 is 0. The molecule has 19 heavy (non-hydrogen) atoms. The van der Waals surface area contributed by atoms with E-state index in [4.69, 9.17) is 0 Å². The molecule has 1 heterocycles. The second-order valence-corrected chi connectivity index (χ2v) is 4.50. The highest BCUT2D eigenvalue weighted by molar-refractivity contribution is 5.95. The van der Waals surface area contributed by atoms with E-state index >= 15 is 0 Å². The third kappa shape index (κ3) is 2.20. The maximum absolute atomic E-state index is 9.22. The number of aliphatic hydroxyl groups excluding tert-OH is 1. The van der Waals surface area contributed by atoms with Gasteiger partial charge in [0, 0.05) is 11.3 Å². The fraction of sp³-hybridized carbons (Fsp3) is 0.125. The number of rotatable bonds is 2. The summed E-state index contributed by atoms with van der Waals surface area (Å²) in [6.07, 6.45) is 0. The van der Waals surface area contributed by atoms with Crippen molar-refractivity contribution in [3.05, 3.63) is 60.0 Å². The van der Waals surface area contributed by atoms with E-state index in [1.54, 1.807) is 0 Å². The van der Waals surface area contributed by atoms with Crippen LogP contribution in [0.3, 0.4) is 0 Å². The van der Waals surface area contributed by atoms with Crippen LogP contribution in [0, 0.1) is 6.92 Å². The maximum Gasteiger partial charge on any atom is 0.154 e. The Kier molecular flexibility index (Phi) is 2.97. The van der Waals surface area contributed by atoms with Gasteiger partial charge in [-0.25, -0.2) is 9.97 Å². The molecule has 0 radical (unpaired) electrons. The molecule has 3 rings (SSSR count). The first-order chi connectivity index (χ1) is 9.28. The van der Waals surface area contributed by atoms with Crippen LogP contribution < -0.4 is 0 Å². The smallest absolute Gasteiger partial charge is 0.154 e. The molecule has 3 nitrogen and oxygen atoms in total. The highest BCUT2D eigenvalue weighted by atomic mass is 16.3. The quantitative estimate of drug-likeness (QED) is 0.760. The van der Waals surface area contributed by atoms with Gasteiger partial charge in [-0.05, 0) is 23.8 Å². The number of hydrogen-bond acceptors (Lipinski definition) is 3. The van der Waals surface area contributed by atoms with Crippen molar-refractivity contribution < 1.29 is 5.11 Å². The molecule has 3 heteroatoms. The molecule has 0 spiro atoms. The molecule has 2 aromatic carbocycles. The molecule has 3 aromatic rings. The van der Waals surface area contributed by atoms with E-state index in [1.165, 1.54) is 5.39 Å². The van der Waals surface area contributed by atoms with E-state index in [1.807, 2.05) is 37.3 Å². The van der Waals surface area contributed by atoms with Crippen molar-refractivity contribution in [2.24, 2.45) is 0 Å². The van der Waals surface area contributed by atoms with Gasteiger partial charge < -0.3 is 5.11 Å². The SMILES string of the molecule is Cc1cc(-c2cccc3ccccc23)nc(CO)n1. The molecule has 0 aliphatic rings. The number of hydrogen-bond donors (Lipinski definition) is 1. The van der Waals surface area contributed by atoms with Gasteiger partial charge in [-0.2, -0.15) is 0 Å². The molecule has 0 amide bonds. The van der Waals surface area contributed by atoms with Crippen molar-refractivity contribution >= 4 is 10.8 Å². The summed E-state index contributed by atoms with van der Waals surface area (Å²) in [7, 11) is 0. The fourth-order valence-corrected chi connectivity index (χ4v) is 2.29. The number of aryl methyl sites for hydroxylation is 1. The molecule has 94 valence electrons. The van der Waals surface area contributed by atoms with Crippen LogP contribution in [-0.2, 0) is 6.61 Å². The minimum atomic E-state index is -0.139. The second kappa shape index (κ2) is 4.78. The van der Waals surface area contributed by atoms with Crippen LogP contribution in [0.15, 0.2) is 48.5 Å². The van der Waals surface area contributed by atoms with Crippen LogP contribution >= 0.6 is 0 Å². The molecular weight excluding hydrogens is 236 g/mol. The third-order valence-corrected chi connectivity index (χ3v) is 3.11. The van der Waals surface area contributed by atoms with Gasteiger partial charge in [0.25, 0.3) is 0 Å². The topological polar surface area (TPSA) is 46.0 Å². The number of nitrogens with zero attached hydrogens (tertiary/aromatic N) is 2. The Hall–Kier alpha value is -2.26. The average molecular weight is 250 g/mol. The summed E-state index contributed by atoms with van der Waals surface area (Å²) in [6, 6.07) is 16.3. The predicted octanol–water partition coefficient (Wildman–Crippen LogP) is 3.10. The zero-order valence-corrected chi connectivity index (χ0v) is 10.7. The number of benzene rings is 2. The van der Waals surface area contributed by atoms with Crippen molar-refractivity contribution in [3.8, 4) is 11.3 Å². The van der Waals surface area contributed by atoms with Gasteiger partial charge in [-0.15, -0.1) is 0 Å². The molecule has 0 saturated carbocycles. The zero-order chi connectivity index (χ0) is 13.2. The Morgan fingerprint density at radius 2 is 1.79 bits per heavy atom. The largest absolute Gasteiger partial charge is 0.388 e. The van der Waals surface area contributed by atoms with Gasteiger partial charge >= 0.3 is 0 Å². The molecule has 0 unspecified atom stereocenters. The number of aromatic nitrogens is 2. The lowest BCUT2D eigenvalue weighted by Crippen LogP contribution is -1.98. The van der Waals surface area contributed by atoms with Gasteiger partial charge in [-0.3, -0.25) is 0 Å². The lowest BCUT2D eigenvalue weighted by Gasteiger charge is -2.08. The Bertz CT molecular complexity index is 732. The molecular formula is C16H14N2O. The van der Waals surface area contributed by atoms with Crippen LogP contribution in [-0.4, -0.2) is 15.1 Å². The molecule has 1 N–H and O–H groups in total. The summed E-state index contributed by atoms with van der Waals surface area (Å²) in [5.41, 5.74) is 2.79.